The first-order valence-electron chi connectivity index (χ1n) is 9.75. The lowest BCUT2D eigenvalue weighted by Gasteiger charge is -2.45. The van der Waals surface area contributed by atoms with Gasteiger partial charge in [0.05, 0.1) is 0 Å². The highest BCUT2D eigenvalue weighted by atomic mass is 35.5. The zero-order valence-corrected chi connectivity index (χ0v) is 15.8. The molecular formula is C17H31ClN6O. The van der Waals surface area contributed by atoms with Gasteiger partial charge in [-0.3, -0.25) is 25.3 Å². The van der Waals surface area contributed by atoms with Crippen LogP contribution in [0.3, 0.4) is 0 Å². The molecule has 6 atom stereocenters. The number of hydrazine groups is 1. The molecule has 0 aliphatic carbocycles. The molecule has 0 spiro atoms. The van der Waals surface area contributed by atoms with Gasteiger partial charge in [0.1, 0.15) is 5.38 Å². The lowest BCUT2D eigenvalue weighted by Crippen LogP contribution is -2.65. The molecule has 0 aromatic rings. The fourth-order valence-electron chi connectivity index (χ4n) is 4.98. The molecule has 142 valence electrons. The Morgan fingerprint density at radius 1 is 1.24 bits per heavy atom. The van der Waals surface area contributed by atoms with Crippen LogP contribution in [-0.4, -0.2) is 84.6 Å². The second-order valence-electron chi connectivity index (χ2n) is 8.08. The fraction of sp³-hybridized carbons (Fsp3) is 0.941. The summed E-state index contributed by atoms with van der Waals surface area (Å²) in [6.45, 7) is 8.34. The minimum Gasteiger partial charge on any atom is -0.314 e. The van der Waals surface area contributed by atoms with Crippen LogP contribution in [-0.2, 0) is 4.79 Å². The van der Waals surface area contributed by atoms with Crippen LogP contribution in [0, 0.1) is 5.92 Å². The lowest BCUT2D eigenvalue weighted by molar-refractivity contribution is -0.125. The van der Waals surface area contributed by atoms with Gasteiger partial charge in [0, 0.05) is 57.0 Å². The third kappa shape index (κ3) is 3.68. The van der Waals surface area contributed by atoms with Crippen molar-refractivity contribution in [1.82, 2.24) is 31.3 Å². The Morgan fingerprint density at radius 3 is 2.96 bits per heavy atom. The molecule has 4 aliphatic rings. The number of hydrogen-bond donors (Lipinski definition) is 4. The maximum Gasteiger partial charge on any atom is 0.253 e. The van der Waals surface area contributed by atoms with E-state index in [1.165, 1.54) is 12.8 Å². The van der Waals surface area contributed by atoms with Crippen LogP contribution >= 0.6 is 11.6 Å². The van der Waals surface area contributed by atoms with Crippen molar-refractivity contribution in [1.29, 1.82) is 0 Å². The number of halogens is 1. The molecule has 4 fully saturated rings. The SMILES string of the molecule is CC1NCCCC1CN1CNC2CCN(C3CNNC(=O)C3Cl)CC21. The maximum atomic E-state index is 11.9. The average Bonchev–Trinajstić information content (AvgIpc) is 3.01. The second kappa shape index (κ2) is 7.66. The van der Waals surface area contributed by atoms with E-state index in [1.54, 1.807) is 0 Å². The number of hydrogen-bond acceptors (Lipinski definition) is 6. The van der Waals surface area contributed by atoms with E-state index >= 15 is 0 Å². The number of carbonyl (C=O) groups is 1. The Balaban J connectivity index is 1.39. The number of nitrogens with zero attached hydrogens (tertiary/aromatic N) is 2. The third-order valence-corrected chi connectivity index (χ3v) is 7.10. The zero-order chi connectivity index (χ0) is 17.4. The van der Waals surface area contributed by atoms with Crippen molar-refractivity contribution in [3.8, 4) is 0 Å². The summed E-state index contributed by atoms with van der Waals surface area (Å²) in [5.41, 5.74) is 5.63. The predicted molar refractivity (Wildman–Crippen MR) is 98.2 cm³/mol. The van der Waals surface area contributed by atoms with Gasteiger partial charge in [-0.1, -0.05) is 0 Å². The molecule has 25 heavy (non-hydrogen) atoms. The number of piperidine rings is 2. The molecule has 4 rings (SSSR count). The highest BCUT2D eigenvalue weighted by Crippen LogP contribution is 2.27. The van der Waals surface area contributed by atoms with Crippen molar-refractivity contribution in [2.24, 2.45) is 5.92 Å². The summed E-state index contributed by atoms with van der Waals surface area (Å²) >= 11 is 6.39. The number of fused-ring (bicyclic) bond motifs is 1. The van der Waals surface area contributed by atoms with Gasteiger partial charge in [-0.2, -0.15) is 0 Å². The molecule has 6 unspecified atom stereocenters. The maximum absolute atomic E-state index is 11.9. The molecule has 0 radical (unpaired) electrons. The van der Waals surface area contributed by atoms with Crippen molar-refractivity contribution in [3.63, 3.8) is 0 Å². The monoisotopic (exact) mass is 370 g/mol. The van der Waals surface area contributed by atoms with Crippen LogP contribution in [0.2, 0.25) is 0 Å². The van der Waals surface area contributed by atoms with Crippen LogP contribution < -0.4 is 21.5 Å². The van der Waals surface area contributed by atoms with Gasteiger partial charge in [-0.25, -0.2) is 5.43 Å². The second-order valence-corrected chi connectivity index (χ2v) is 8.55. The smallest absolute Gasteiger partial charge is 0.253 e. The van der Waals surface area contributed by atoms with Gasteiger partial charge in [-0.15, -0.1) is 11.6 Å². The number of likely N-dealkylation sites (tertiary alicyclic amines) is 1. The van der Waals surface area contributed by atoms with E-state index in [4.69, 9.17) is 11.6 Å². The molecule has 7 nitrogen and oxygen atoms in total. The van der Waals surface area contributed by atoms with Crippen molar-refractivity contribution in [2.75, 3.05) is 39.4 Å². The van der Waals surface area contributed by atoms with Crippen molar-refractivity contribution in [2.45, 2.75) is 55.7 Å². The minimum atomic E-state index is -0.469. The normalized spacial score (nSPS) is 43.7. The Labute approximate surface area is 155 Å². The average molecular weight is 371 g/mol. The molecule has 4 aliphatic heterocycles. The Hall–Kier alpha value is -0.440. The molecule has 4 N–H and O–H groups in total. The van der Waals surface area contributed by atoms with Crippen LogP contribution in [0.1, 0.15) is 26.2 Å². The minimum absolute atomic E-state index is 0.0779. The van der Waals surface area contributed by atoms with Crippen LogP contribution in [0.25, 0.3) is 0 Å². The third-order valence-electron chi connectivity index (χ3n) is 6.61. The molecule has 4 saturated heterocycles. The zero-order valence-electron chi connectivity index (χ0n) is 15.0. The first kappa shape index (κ1) is 17.9. The van der Waals surface area contributed by atoms with Gasteiger partial charge < -0.3 is 5.32 Å². The molecule has 0 aromatic carbocycles. The molecule has 1 amide bonds. The quantitative estimate of drug-likeness (QED) is 0.492. The Bertz CT molecular complexity index is 494. The van der Waals surface area contributed by atoms with Crippen molar-refractivity contribution < 1.29 is 4.79 Å². The summed E-state index contributed by atoms with van der Waals surface area (Å²) < 4.78 is 0. The Morgan fingerprint density at radius 2 is 2.12 bits per heavy atom. The number of nitrogens with one attached hydrogen (secondary N) is 4. The summed E-state index contributed by atoms with van der Waals surface area (Å²) in [7, 11) is 0. The molecule has 0 aromatic heterocycles. The standard InChI is InChI=1S/C17H31ClN6O/c1-11-12(3-2-5-19-11)8-24-10-20-13-4-6-23(9-15(13)24)14-7-21-22-17(25)16(14)18/h11-16,19-21H,2-10H2,1H3,(H,22,25). The number of rotatable bonds is 3. The molecular weight excluding hydrogens is 340 g/mol. The van der Waals surface area contributed by atoms with Gasteiger partial charge in [0.15, 0.2) is 0 Å². The molecule has 0 saturated carbocycles. The van der Waals surface area contributed by atoms with Crippen LogP contribution in [0.5, 0.6) is 0 Å². The number of alkyl halides is 1. The van der Waals surface area contributed by atoms with E-state index in [9.17, 15) is 4.79 Å². The fourth-order valence-corrected chi connectivity index (χ4v) is 5.29. The summed E-state index contributed by atoms with van der Waals surface area (Å²) in [4.78, 5) is 16.9. The molecule has 8 heteroatoms. The summed E-state index contributed by atoms with van der Waals surface area (Å²) in [6.07, 6.45) is 3.73. The van der Waals surface area contributed by atoms with E-state index in [0.717, 1.165) is 45.2 Å². The van der Waals surface area contributed by atoms with E-state index in [2.05, 4.69) is 38.2 Å². The summed E-state index contributed by atoms with van der Waals surface area (Å²) in [5, 5.41) is 6.86. The highest BCUT2D eigenvalue weighted by Gasteiger charge is 2.43. The van der Waals surface area contributed by atoms with Gasteiger partial charge in [-0.05, 0) is 38.6 Å². The van der Waals surface area contributed by atoms with Crippen LogP contribution in [0.15, 0.2) is 0 Å². The first-order valence-corrected chi connectivity index (χ1v) is 10.2. The number of carbonyl (C=O) groups excluding carboxylic acids is 1. The topological polar surface area (TPSA) is 71.7 Å². The first-order chi connectivity index (χ1) is 12.1. The van der Waals surface area contributed by atoms with E-state index in [0.29, 0.717) is 24.7 Å². The molecule has 4 heterocycles. The van der Waals surface area contributed by atoms with E-state index < -0.39 is 5.38 Å². The predicted octanol–water partition coefficient (Wildman–Crippen LogP) is -0.709. The lowest BCUT2D eigenvalue weighted by atomic mass is 9.90. The van der Waals surface area contributed by atoms with Gasteiger partial charge in [0.25, 0.3) is 5.91 Å². The Kier molecular flexibility index (Phi) is 5.50. The van der Waals surface area contributed by atoms with Crippen molar-refractivity contribution >= 4 is 17.5 Å². The van der Waals surface area contributed by atoms with Crippen LogP contribution in [0.4, 0.5) is 0 Å². The van der Waals surface area contributed by atoms with Gasteiger partial charge >= 0.3 is 0 Å². The highest BCUT2D eigenvalue weighted by molar-refractivity contribution is 6.31. The van der Waals surface area contributed by atoms with Crippen molar-refractivity contribution in [3.05, 3.63) is 0 Å². The number of amides is 1. The molecule has 0 bridgehead atoms. The van der Waals surface area contributed by atoms with E-state index in [-0.39, 0.29) is 11.9 Å². The van der Waals surface area contributed by atoms with Gasteiger partial charge in [0.2, 0.25) is 0 Å². The summed E-state index contributed by atoms with van der Waals surface area (Å²) in [5.74, 6) is 0.621. The summed E-state index contributed by atoms with van der Waals surface area (Å²) in [6, 6.07) is 1.78. The largest absolute Gasteiger partial charge is 0.314 e. The van der Waals surface area contributed by atoms with E-state index in [1.807, 2.05) is 0 Å².